The highest BCUT2D eigenvalue weighted by Crippen LogP contribution is 2.49. The second kappa shape index (κ2) is 9.21. The van der Waals surface area contributed by atoms with Crippen LogP contribution in [-0.2, 0) is 17.5 Å². The van der Waals surface area contributed by atoms with Crippen molar-refractivity contribution < 1.29 is 31.6 Å². The van der Waals surface area contributed by atoms with Crippen LogP contribution in [0.15, 0.2) is 53.3 Å². The first kappa shape index (κ1) is 25.3. The Labute approximate surface area is 218 Å². The number of nitrogens with zero attached hydrogens (tertiary/aromatic N) is 4. The molecular weight excluding hydrogens is 526 g/mol. The van der Waals surface area contributed by atoms with Crippen LogP contribution in [-0.4, -0.2) is 27.4 Å². The fourth-order valence-electron chi connectivity index (χ4n) is 4.61. The summed E-state index contributed by atoms with van der Waals surface area (Å²) in [5.74, 6) is -1.86. The molecule has 3 heterocycles. The number of carbonyl (C=O) groups excluding carboxylic acids is 2. The Morgan fingerprint density at radius 3 is 2.63 bits per heavy atom. The van der Waals surface area contributed by atoms with Gasteiger partial charge in [0.25, 0.3) is 11.8 Å². The van der Waals surface area contributed by atoms with Crippen LogP contribution in [0.5, 0.6) is 0 Å². The molecule has 0 bridgehead atoms. The number of halogens is 4. The maximum Gasteiger partial charge on any atom is 0.419 e. The number of benzene rings is 1. The van der Waals surface area contributed by atoms with Crippen LogP contribution in [0.2, 0.25) is 0 Å². The molecule has 5 rings (SSSR count). The number of carbonyl (C=O) groups is 2. The van der Waals surface area contributed by atoms with E-state index in [1.54, 1.807) is 12.1 Å². The van der Waals surface area contributed by atoms with E-state index in [0.29, 0.717) is 18.2 Å². The summed E-state index contributed by atoms with van der Waals surface area (Å²) in [6, 6.07) is 9.33. The highest BCUT2D eigenvalue weighted by molar-refractivity contribution is 7.81. The Bertz CT molecular complexity index is 1500. The van der Waals surface area contributed by atoms with Gasteiger partial charge in [-0.2, -0.15) is 18.4 Å². The molecule has 2 fully saturated rings. The van der Waals surface area contributed by atoms with Gasteiger partial charge in [-0.3, -0.25) is 14.5 Å². The number of pyridine rings is 1. The Hall–Kier alpha value is -4.31. The van der Waals surface area contributed by atoms with E-state index in [2.05, 4.69) is 10.3 Å². The molecule has 2 aromatic heterocycles. The van der Waals surface area contributed by atoms with E-state index >= 15 is 4.39 Å². The summed E-state index contributed by atoms with van der Waals surface area (Å²) in [7, 11) is 0. The van der Waals surface area contributed by atoms with Crippen LogP contribution < -0.4 is 15.1 Å². The molecule has 1 saturated heterocycles. The molecule has 3 aromatic rings. The van der Waals surface area contributed by atoms with Gasteiger partial charge < -0.3 is 14.6 Å². The Kier molecular flexibility index (Phi) is 6.15. The summed E-state index contributed by atoms with van der Waals surface area (Å²) in [5.41, 5.74) is -4.27. The quantitative estimate of drug-likeness (QED) is 0.368. The van der Waals surface area contributed by atoms with Crippen LogP contribution in [0.4, 0.5) is 28.9 Å². The molecule has 1 aliphatic carbocycles. The van der Waals surface area contributed by atoms with Gasteiger partial charge in [-0.15, -0.1) is 0 Å². The molecule has 0 radical (unpaired) electrons. The molecule has 13 heteroatoms. The molecule has 1 saturated carbocycles. The van der Waals surface area contributed by atoms with Gasteiger partial charge in [0.1, 0.15) is 17.4 Å². The van der Waals surface area contributed by atoms with Crippen molar-refractivity contribution in [1.29, 1.82) is 5.26 Å². The van der Waals surface area contributed by atoms with Crippen LogP contribution >= 0.6 is 12.2 Å². The van der Waals surface area contributed by atoms with Crippen molar-refractivity contribution in [1.82, 2.24) is 10.3 Å². The number of nitriles is 1. The lowest BCUT2D eigenvalue weighted by Crippen LogP contribution is -2.55. The third kappa shape index (κ3) is 3.97. The lowest BCUT2D eigenvalue weighted by Gasteiger charge is -2.43. The van der Waals surface area contributed by atoms with E-state index in [9.17, 15) is 22.8 Å². The fourth-order valence-corrected chi connectivity index (χ4v) is 5.07. The number of anilines is 2. The number of aromatic nitrogens is 1. The molecule has 0 atom stereocenters. The SMILES string of the molecule is N#Cc1ncc(N2C(=O)C3(CCC3)N(c3cccc(C(=O)NCc4ccco4)c3F)C2=S)cc1C(F)(F)F. The number of rotatable bonds is 5. The van der Waals surface area contributed by atoms with Crippen molar-refractivity contribution in [3.63, 3.8) is 0 Å². The Balaban J connectivity index is 1.52. The van der Waals surface area contributed by atoms with Gasteiger partial charge in [0.2, 0.25) is 0 Å². The van der Waals surface area contributed by atoms with Gasteiger partial charge in [0.15, 0.2) is 16.6 Å². The van der Waals surface area contributed by atoms with Gasteiger partial charge in [0.05, 0.1) is 41.5 Å². The Morgan fingerprint density at radius 2 is 2.03 bits per heavy atom. The number of hydrogen-bond donors (Lipinski definition) is 1. The van der Waals surface area contributed by atoms with Crippen LogP contribution in [0.25, 0.3) is 0 Å². The summed E-state index contributed by atoms with van der Waals surface area (Å²) in [6.45, 7) is 0.0149. The summed E-state index contributed by atoms with van der Waals surface area (Å²) in [6.07, 6.45) is -1.39. The van der Waals surface area contributed by atoms with Gasteiger partial charge in [0, 0.05) is 0 Å². The van der Waals surface area contributed by atoms with Crippen LogP contribution in [0.3, 0.4) is 0 Å². The number of amides is 2. The molecule has 1 spiro atoms. The zero-order valence-corrected chi connectivity index (χ0v) is 20.2. The largest absolute Gasteiger partial charge is 0.467 e. The maximum atomic E-state index is 15.8. The van der Waals surface area contributed by atoms with Gasteiger partial charge in [-0.25, -0.2) is 9.37 Å². The summed E-state index contributed by atoms with van der Waals surface area (Å²) < 4.78 is 61.6. The highest BCUT2D eigenvalue weighted by Gasteiger charge is 2.60. The van der Waals surface area contributed by atoms with Crippen molar-refractivity contribution in [2.45, 2.75) is 37.5 Å². The normalized spacial score (nSPS) is 16.5. The lowest BCUT2D eigenvalue weighted by atomic mass is 9.75. The molecule has 0 unspecified atom stereocenters. The predicted octanol–water partition coefficient (Wildman–Crippen LogP) is 4.69. The number of hydrogen-bond acceptors (Lipinski definition) is 6. The van der Waals surface area contributed by atoms with Crippen molar-refractivity contribution >= 4 is 40.5 Å². The molecule has 1 N–H and O–H groups in total. The average Bonchev–Trinajstić information content (AvgIpc) is 3.45. The lowest BCUT2D eigenvalue weighted by molar-refractivity contribution is -0.138. The molecular formula is C25H17F4N5O3S. The molecule has 194 valence electrons. The zero-order valence-electron chi connectivity index (χ0n) is 19.4. The summed E-state index contributed by atoms with van der Waals surface area (Å²) in [4.78, 5) is 32.0. The minimum atomic E-state index is -4.91. The molecule has 38 heavy (non-hydrogen) atoms. The van der Waals surface area contributed by atoms with E-state index < -0.39 is 40.6 Å². The third-order valence-electron chi connectivity index (χ3n) is 6.60. The first-order valence-corrected chi connectivity index (χ1v) is 11.7. The van der Waals surface area contributed by atoms with E-state index in [1.165, 1.54) is 35.4 Å². The minimum Gasteiger partial charge on any atom is -0.467 e. The number of furan rings is 1. The molecule has 1 aliphatic heterocycles. The summed E-state index contributed by atoms with van der Waals surface area (Å²) in [5, 5.41) is 11.3. The predicted molar refractivity (Wildman–Crippen MR) is 129 cm³/mol. The smallest absolute Gasteiger partial charge is 0.419 e. The highest BCUT2D eigenvalue weighted by atomic mass is 32.1. The maximum absolute atomic E-state index is 15.8. The fraction of sp³-hybridized carbons (Fsp3) is 0.240. The van der Waals surface area contributed by atoms with Gasteiger partial charge in [-0.05, 0) is 61.8 Å². The molecule has 8 nitrogen and oxygen atoms in total. The van der Waals surface area contributed by atoms with E-state index in [1.807, 2.05) is 0 Å². The zero-order chi connectivity index (χ0) is 27.2. The monoisotopic (exact) mass is 543 g/mol. The second-order valence-corrected chi connectivity index (χ2v) is 9.11. The van der Waals surface area contributed by atoms with Crippen LogP contribution in [0.1, 0.15) is 46.6 Å². The molecule has 2 amide bonds. The number of alkyl halides is 3. The molecule has 1 aromatic carbocycles. The van der Waals surface area contributed by atoms with Crippen molar-refractivity contribution in [2.75, 3.05) is 9.80 Å². The van der Waals surface area contributed by atoms with Gasteiger partial charge in [-0.1, -0.05) is 6.07 Å². The molecule has 2 aliphatic rings. The number of nitrogens with one attached hydrogen (secondary N) is 1. The van der Waals surface area contributed by atoms with Crippen LogP contribution in [0, 0.1) is 17.1 Å². The topological polar surface area (TPSA) is 102 Å². The second-order valence-electron chi connectivity index (χ2n) is 8.74. The first-order chi connectivity index (χ1) is 18.1. The minimum absolute atomic E-state index is 0.0149. The first-order valence-electron chi connectivity index (χ1n) is 11.3. The third-order valence-corrected chi connectivity index (χ3v) is 6.97. The van der Waals surface area contributed by atoms with Crippen molar-refractivity contribution in [3.8, 4) is 6.07 Å². The van der Waals surface area contributed by atoms with E-state index in [-0.39, 0.29) is 41.4 Å². The van der Waals surface area contributed by atoms with E-state index in [4.69, 9.17) is 21.9 Å². The summed E-state index contributed by atoms with van der Waals surface area (Å²) >= 11 is 5.50. The van der Waals surface area contributed by atoms with E-state index in [0.717, 1.165) is 11.1 Å². The van der Waals surface area contributed by atoms with Crippen molar-refractivity contribution in [2.24, 2.45) is 0 Å². The van der Waals surface area contributed by atoms with Gasteiger partial charge >= 0.3 is 6.18 Å². The van der Waals surface area contributed by atoms with Crippen molar-refractivity contribution in [3.05, 3.63) is 77.3 Å². The average molecular weight is 544 g/mol. The number of thiocarbonyl (C=S) groups is 1. The standard InChI is InChI=1S/C25H17F4N5O3S/c26-20-16(21(35)32-13-15-4-2-9-37-15)5-1-6-19(20)34-23(38)33(22(36)24(34)7-3-8-24)14-10-17(25(27,28)29)18(11-30)31-12-14/h1-2,4-6,9-10,12H,3,7-8,13H2,(H,32,35). The Morgan fingerprint density at radius 1 is 1.26 bits per heavy atom.